The van der Waals surface area contributed by atoms with Crippen molar-refractivity contribution in [2.24, 2.45) is 0 Å². The number of ether oxygens (including phenoxy) is 1. The molecule has 0 atom stereocenters. The van der Waals surface area contributed by atoms with Gasteiger partial charge in [0, 0.05) is 30.2 Å². The van der Waals surface area contributed by atoms with Crippen molar-refractivity contribution in [2.45, 2.75) is 26.4 Å². The molecule has 0 spiro atoms. The molecule has 0 unspecified atom stereocenters. The van der Waals surface area contributed by atoms with Gasteiger partial charge in [0.15, 0.2) is 0 Å². The van der Waals surface area contributed by atoms with Gasteiger partial charge in [0.1, 0.15) is 0 Å². The highest BCUT2D eigenvalue weighted by atomic mass is 32.1. The molecule has 0 saturated heterocycles. The summed E-state index contributed by atoms with van der Waals surface area (Å²) in [7, 11) is 1.64. The highest BCUT2D eigenvalue weighted by Crippen LogP contribution is 2.14. The van der Waals surface area contributed by atoms with Crippen LogP contribution in [0.25, 0.3) is 0 Å². The summed E-state index contributed by atoms with van der Waals surface area (Å²) in [6.07, 6.45) is 2.73. The summed E-state index contributed by atoms with van der Waals surface area (Å²) in [5.41, 5.74) is 2.16. The van der Waals surface area contributed by atoms with Crippen molar-refractivity contribution < 1.29 is 4.74 Å². The fourth-order valence-electron chi connectivity index (χ4n) is 1.66. The van der Waals surface area contributed by atoms with Crippen LogP contribution >= 0.6 is 11.3 Å². The molecule has 0 saturated carbocycles. The predicted molar refractivity (Wildman–Crippen MR) is 72.8 cm³/mol. The van der Waals surface area contributed by atoms with Crippen LogP contribution in [-0.2, 0) is 19.5 Å². The second-order valence-corrected chi connectivity index (χ2v) is 4.80. The molecular formula is C13H17N3OS. The Hall–Kier alpha value is -1.46. The minimum absolute atomic E-state index is 0.678. The third-order valence-electron chi connectivity index (χ3n) is 2.57. The zero-order valence-electron chi connectivity index (χ0n) is 10.6. The van der Waals surface area contributed by atoms with Gasteiger partial charge in [-0.2, -0.15) is 0 Å². The fourth-order valence-corrected chi connectivity index (χ4v) is 2.40. The monoisotopic (exact) mass is 263 g/mol. The molecule has 2 aromatic rings. The first-order chi connectivity index (χ1) is 8.83. The van der Waals surface area contributed by atoms with Crippen molar-refractivity contribution in [3.8, 4) is 5.88 Å². The zero-order valence-corrected chi connectivity index (χ0v) is 11.5. The minimum atomic E-state index is 0.678. The van der Waals surface area contributed by atoms with Crippen LogP contribution in [0.3, 0.4) is 0 Å². The number of aryl methyl sites for hydroxylation is 1. The lowest BCUT2D eigenvalue weighted by Gasteiger charge is -2.07. The van der Waals surface area contributed by atoms with Crippen molar-refractivity contribution in [3.63, 3.8) is 0 Å². The van der Waals surface area contributed by atoms with E-state index in [0.29, 0.717) is 5.88 Å². The van der Waals surface area contributed by atoms with Crippen molar-refractivity contribution in [1.29, 1.82) is 0 Å². The van der Waals surface area contributed by atoms with Gasteiger partial charge in [-0.3, -0.25) is 0 Å². The van der Waals surface area contributed by atoms with Gasteiger partial charge in [0.2, 0.25) is 5.88 Å². The molecule has 0 fully saturated rings. The normalized spacial score (nSPS) is 10.6. The number of hydrogen-bond donors (Lipinski definition) is 1. The molecule has 1 N–H and O–H groups in total. The number of thiazole rings is 1. The van der Waals surface area contributed by atoms with Gasteiger partial charge >= 0.3 is 0 Å². The average Bonchev–Trinajstić information content (AvgIpc) is 2.87. The summed E-state index contributed by atoms with van der Waals surface area (Å²) in [6.45, 7) is 3.63. The third-order valence-corrected chi connectivity index (χ3v) is 3.61. The number of hydrogen-bond acceptors (Lipinski definition) is 5. The molecule has 0 amide bonds. The maximum absolute atomic E-state index is 5.20. The molecule has 0 radical (unpaired) electrons. The highest BCUT2D eigenvalue weighted by molar-refractivity contribution is 7.09. The highest BCUT2D eigenvalue weighted by Gasteiger charge is 2.04. The van der Waals surface area contributed by atoms with Crippen LogP contribution in [0.4, 0.5) is 0 Å². The van der Waals surface area contributed by atoms with Gasteiger partial charge < -0.3 is 10.1 Å². The van der Waals surface area contributed by atoms with E-state index in [2.05, 4.69) is 27.6 Å². The Morgan fingerprint density at radius 3 is 3.00 bits per heavy atom. The largest absolute Gasteiger partial charge is 0.481 e. The summed E-state index contributed by atoms with van der Waals surface area (Å²) in [4.78, 5) is 8.68. The minimum Gasteiger partial charge on any atom is -0.481 e. The summed E-state index contributed by atoms with van der Waals surface area (Å²) in [6, 6.07) is 3.93. The molecule has 5 heteroatoms. The van der Waals surface area contributed by atoms with Crippen LogP contribution in [0.2, 0.25) is 0 Å². The number of nitrogens with one attached hydrogen (secondary N) is 1. The Labute approximate surface area is 111 Å². The summed E-state index contributed by atoms with van der Waals surface area (Å²) >= 11 is 1.72. The molecule has 2 rings (SSSR count). The number of pyridine rings is 1. The molecule has 0 aromatic carbocycles. The maximum atomic E-state index is 5.20. The van der Waals surface area contributed by atoms with E-state index in [0.717, 1.165) is 30.8 Å². The topological polar surface area (TPSA) is 47.0 Å². The van der Waals surface area contributed by atoms with E-state index >= 15 is 0 Å². The van der Waals surface area contributed by atoms with Gasteiger partial charge in [-0.1, -0.05) is 13.0 Å². The Bertz CT molecular complexity index is 498. The lowest BCUT2D eigenvalue weighted by Crippen LogP contribution is -2.14. The second kappa shape index (κ2) is 6.47. The third kappa shape index (κ3) is 3.27. The summed E-state index contributed by atoms with van der Waals surface area (Å²) in [5, 5.41) is 6.64. The number of nitrogens with zero attached hydrogens (tertiary/aromatic N) is 2. The summed E-state index contributed by atoms with van der Waals surface area (Å²) < 4.78 is 5.20. The summed E-state index contributed by atoms with van der Waals surface area (Å²) in [5.74, 6) is 0.678. The number of aromatic nitrogens is 2. The van der Waals surface area contributed by atoms with E-state index < -0.39 is 0 Å². The van der Waals surface area contributed by atoms with Gasteiger partial charge in [0.25, 0.3) is 0 Å². The fraction of sp³-hybridized carbons (Fsp3) is 0.385. The van der Waals surface area contributed by atoms with Crippen LogP contribution in [0.15, 0.2) is 23.7 Å². The molecule has 0 aliphatic carbocycles. The van der Waals surface area contributed by atoms with E-state index in [1.807, 2.05) is 12.1 Å². The van der Waals surface area contributed by atoms with Crippen LogP contribution in [-0.4, -0.2) is 17.1 Å². The van der Waals surface area contributed by atoms with E-state index in [4.69, 9.17) is 4.74 Å². The van der Waals surface area contributed by atoms with Crippen molar-refractivity contribution in [1.82, 2.24) is 15.3 Å². The Balaban J connectivity index is 1.88. The van der Waals surface area contributed by atoms with E-state index in [-0.39, 0.29) is 0 Å². The number of methoxy groups -OCH3 is 1. The molecular weight excluding hydrogens is 246 g/mol. The van der Waals surface area contributed by atoms with Gasteiger partial charge in [0.05, 0.1) is 17.8 Å². The molecule has 4 nitrogen and oxygen atoms in total. The molecule has 0 aliphatic rings. The van der Waals surface area contributed by atoms with Crippen LogP contribution in [0, 0.1) is 0 Å². The molecule has 96 valence electrons. The SMILES string of the molecule is CCc1nc(CNCc2cccnc2OC)cs1. The first kappa shape index (κ1) is 13.0. The van der Waals surface area contributed by atoms with Gasteiger partial charge in [-0.05, 0) is 12.5 Å². The average molecular weight is 263 g/mol. The van der Waals surface area contributed by atoms with E-state index in [1.54, 1.807) is 24.6 Å². The Kier molecular flexibility index (Phi) is 4.66. The number of rotatable bonds is 6. The standard InChI is InChI=1S/C13H17N3OS/c1-3-12-16-11(9-18-12)8-14-7-10-5-4-6-15-13(10)17-2/h4-6,9,14H,3,7-8H2,1-2H3. The van der Waals surface area contributed by atoms with Crippen molar-refractivity contribution >= 4 is 11.3 Å². The Morgan fingerprint density at radius 1 is 1.39 bits per heavy atom. The first-order valence-corrected chi connectivity index (χ1v) is 6.83. The lowest BCUT2D eigenvalue weighted by atomic mass is 10.2. The van der Waals surface area contributed by atoms with Gasteiger partial charge in [-0.25, -0.2) is 9.97 Å². The maximum Gasteiger partial charge on any atom is 0.217 e. The van der Waals surface area contributed by atoms with Crippen molar-refractivity contribution in [2.75, 3.05) is 7.11 Å². The van der Waals surface area contributed by atoms with Crippen LogP contribution < -0.4 is 10.1 Å². The zero-order chi connectivity index (χ0) is 12.8. The van der Waals surface area contributed by atoms with E-state index in [9.17, 15) is 0 Å². The lowest BCUT2D eigenvalue weighted by molar-refractivity contribution is 0.390. The van der Waals surface area contributed by atoms with Crippen molar-refractivity contribution in [3.05, 3.63) is 40.0 Å². The molecule has 2 heterocycles. The molecule has 2 aromatic heterocycles. The Morgan fingerprint density at radius 2 is 2.28 bits per heavy atom. The molecule has 18 heavy (non-hydrogen) atoms. The van der Waals surface area contributed by atoms with E-state index in [1.165, 1.54) is 5.01 Å². The molecule has 0 aliphatic heterocycles. The smallest absolute Gasteiger partial charge is 0.217 e. The van der Waals surface area contributed by atoms with Crippen LogP contribution in [0.5, 0.6) is 5.88 Å². The second-order valence-electron chi connectivity index (χ2n) is 3.86. The molecule has 0 bridgehead atoms. The first-order valence-electron chi connectivity index (χ1n) is 5.95. The van der Waals surface area contributed by atoms with Crippen LogP contribution in [0.1, 0.15) is 23.2 Å². The quantitative estimate of drug-likeness (QED) is 0.869. The van der Waals surface area contributed by atoms with Gasteiger partial charge in [-0.15, -0.1) is 11.3 Å². The predicted octanol–water partition coefficient (Wildman–Crippen LogP) is 2.40.